The maximum absolute atomic E-state index is 13.2. The van der Waals surface area contributed by atoms with E-state index in [-0.39, 0.29) is 16.2 Å². The van der Waals surface area contributed by atoms with Gasteiger partial charge in [-0.1, -0.05) is 11.6 Å². The van der Waals surface area contributed by atoms with Crippen LogP contribution in [0.1, 0.15) is 35.6 Å². The summed E-state index contributed by atoms with van der Waals surface area (Å²) in [6, 6.07) is 15.3. The fourth-order valence-corrected chi connectivity index (χ4v) is 3.96. The standard InChI is InChI=1S/C25H19ClN2O5/c1-3-32-17-9-10-19(26)18(12-17)23(29)21-22(20-11-4-14(2)33-20)28(25(31)24(21)30)16-7-5-15(13-27)6-8-16/h4-12,22,29H,3H2,1-2H3/b23-21+. The van der Waals surface area contributed by atoms with Crippen molar-refractivity contribution in [1.82, 2.24) is 0 Å². The Kier molecular flexibility index (Phi) is 5.95. The monoisotopic (exact) mass is 462 g/mol. The number of carbonyl (C=O) groups is 2. The van der Waals surface area contributed by atoms with Gasteiger partial charge in [0.1, 0.15) is 29.1 Å². The number of benzene rings is 2. The van der Waals surface area contributed by atoms with Gasteiger partial charge in [0.05, 0.1) is 28.8 Å². The van der Waals surface area contributed by atoms with Crippen LogP contribution in [0.3, 0.4) is 0 Å². The van der Waals surface area contributed by atoms with E-state index >= 15 is 0 Å². The van der Waals surface area contributed by atoms with Crippen molar-refractivity contribution in [3.05, 3.63) is 87.8 Å². The average molecular weight is 463 g/mol. The van der Waals surface area contributed by atoms with Gasteiger partial charge in [0.25, 0.3) is 11.7 Å². The molecule has 0 spiro atoms. The van der Waals surface area contributed by atoms with Gasteiger partial charge in [0.15, 0.2) is 0 Å². The molecular weight excluding hydrogens is 444 g/mol. The number of rotatable bonds is 5. The van der Waals surface area contributed by atoms with E-state index in [2.05, 4.69) is 0 Å². The molecular formula is C25H19ClN2O5. The van der Waals surface area contributed by atoms with Crippen molar-refractivity contribution in [2.75, 3.05) is 11.5 Å². The summed E-state index contributed by atoms with van der Waals surface area (Å²) in [4.78, 5) is 27.5. The smallest absolute Gasteiger partial charge is 0.300 e. The lowest BCUT2D eigenvalue weighted by atomic mass is 9.99. The third kappa shape index (κ3) is 3.97. The van der Waals surface area contributed by atoms with Crippen molar-refractivity contribution < 1.29 is 23.8 Å². The fraction of sp³-hybridized carbons (Fsp3) is 0.160. The molecule has 3 aromatic rings. The number of ketones is 1. The number of anilines is 1. The zero-order valence-electron chi connectivity index (χ0n) is 17.8. The Morgan fingerprint density at radius 3 is 2.52 bits per heavy atom. The van der Waals surface area contributed by atoms with Crippen LogP contribution in [0.4, 0.5) is 5.69 Å². The van der Waals surface area contributed by atoms with E-state index in [1.807, 2.05) is 13.0 Å². The zero-order chi connectivity index (χ0) is 23.7. The minimum Gasteiger partial charge on any atom is -0.507 e. The second kappa shape index (κ2) is 8.85. The van der Waals surface area contributed by atoms with Gasteiger partial charge < -0.3 is 14.3 Å². The third-order valence-electron chi connectivity index (χ3n) is 5.25. The van der Waals surface area contributed by atoms with Gasteiger partial charge in [-0.25, -0.2) is 0 Å². The number of Topliss-reactive ketones (excluding diaryl/α,β-unsaturated/α-hetero) is 1. The van der Waals surface area contributed by atoms with Crippen molar-refractivity contribution in [1.29, 1.82) is 5.26 Å². The molecule has 8 heteroatoms. The molecule has 1 atom stereocenters. The first kappa shape index (κ1) is 22.2. The van der Waals surface area contributed by atoms with E-state index in [4.69, 9.17) is 26.0 Å². The van der Waals surface area contributed by atoms with Gasteiger partial charge in [0, 0.05) is 11.3 Å². The number of furan rings is 1. The molecule has 1 aliphatic rings. The largest absolute Gasteiger partial charge is 0.507 e. The molecule has 0 radical (unpaired) electrons. The lowest BCUT2D eigenvalue weighted by molar-refractivity contribution is -0.132. The van der Waals surface area contributed by atoms with Crippen molar-refractivity contribution in [2.45, 2.75) is 19.9 Å². The van der Waals surface area contributed by atoms with Crippen LogP contribution in [0.15, 0.2) is 64.6 Å². The lowest BCUT2D eigenvalue weighted by Gasteiger charge is -2.23. The highest BCUT2D eigenvalue weighted by Crippen LogP contribution is 2.43. The number of aliphatic hydroxyl groups excluding tert-OH is 1. The van der Waals surface area contributed by atoms with Crippen LogP contribution in [-0.4, -0.2) is 23.4 Å². The number of ether oxygens (including phenoxy) is 1. The summed E-state index contributed by atoms with van der Waals surface area (Å²) in [6.45, 7) is 3.95. The number of halogens is 1. The number of hydrogen-bond donors (Lipinski definition) is 1. The summed E-state index contributed by atoms with van der Waals surface area (Å²) in [6.07, 6.45) is 0. The summed E-state index contributed by atoms with van der Waals surface area (Å²) in [7, 11) is 0. The van der Waals surface area contributed by atoms with Crippen molar-refractivity contribution in [3.63, 3.8) is 0 Å². The first-order chi connectivity index (χ1) is 15.8. The number of nitriles is 1. The Morgan fingerprint density at radius 1 is 1.18 bits per heavy atom. The molecule has 2 heterocycles. The zero-order valence-corrected chi connectivity index (χ0v) is 18.6. The van der Waals surface area contributed by atoms with E-state index in [9.17, 15) is 14.7 Å². The van der Waals surface area contributed by atoms with Crippen molar-refractivity contribution in [2.24, 2.45) is 0 Å². The predicted molar refractivity (Wildman–Crippen MR) is 122 cm³/mol. The van der Waals surface area contributed by atoms with E-state index in [0.29, 0.717) is 35.1 Å². The maximum atomic E-state index is 13.2. The Hall–Kier alpha value is -4.02. The summed E-state index contributed by atoms with van der Waals surface area (Å²) in [5, 5.41) is 20.5. The van der Waals surface area contributed by atoms with Gasteiger partial charge >= 0.3 is 0 Å². The maximum Gasteiger partial charge on any atom is 0.300 e. The molecule has 0 bridgehead atoms. The second-order valence-corrected chi connectivity index (χ2v) is 7.76. The van der Waals surface area contributed by atoms with Gasteiger partial charge in [-0.2, -0.15) is 5.26 Å². The third-order valence-corrected chi connectivity index (χ3v) is 5.58. The van der Waals surface area contributed by atoms with E-state index < -0.39 is 23.5 Å². The van der Waals surface area contributed by atoms with Crippen LogP contribution in [0, 0.1) is 18.3 Å². The van der Waals surface area contributed by atoms with Crippen molar-refractivity contribution >= 4 is 34.7 Å². The summed E-state index contributed by atoms with van der Waals surface area (Å²) in [5.74, 6) is -0.821. The molecule has 1 aliphatic heterocycles. The Labute approximate surface area is 195 Å². The number of nitrogens with zero attached hydrogens (tertiary/aromatic N) is 2. The molecule has 166 valence electrons. The molecule has 1 unspecified atom stereocenters. The quantitative estimate of drug-likeness (QED) is 0.320. The molecule has 1 saturated heterocycles. The molecule has 7 nitrogen and oxygen atoms in total. The number of hydrogen-bond acceptors (Lipinski definition) is 6. The van der Waals surface area contributed by atoms with E-state index in [0.717, 1.165) is 0 Å². The summed E-state index contributed by atoms with van der Waals surface area (Å²) < 4.78 is 11.3. The fourth-order valence-electron chi connectivity index (χ4n) is 3.75. The minimum atomic E-state index is -1.03. The lowest BCUT2D eigenvalue weighted by Crippen LogP contribution is -2.29. The molecule has 33 heavy (non-hydrogen) atoms. The number of carbonyl (C=O) groups excluding carboxylic acids is 2. The highest BCUT2D eigenvalue weighted by atomic mass is 35.5. The summed E-state index contributed by atoms with van der Waals surface area (Å²) in [5.41, 5.74) is 0.784. The normalized spacial score (nSPS) is 17.3. The molecule has 2 aromatic carbocycles. The van der Waals surface area contributed by atoms with Gasteiger partial charge in [-0.3, -0.25) is 14.5 Å². The first-order valence-corrected chi connectivity index (χ1v) is 10.5. The van der Waals surface area contributed by atoms with Crippen LogP contribution in [0.5, 0.6) is 5.75 Å². The number of aryl methyl sites for hydroxylation is 1. The van der Waals surface area contributed by atoms with Crippen LogP contribution in [0.25, 0.3) is 5.76 Å². The number of amides is 1. The van der Waals surface area contributed by atoms with Crippen molar-refractivity contribution in [3.8, 4) is 11.8 Å². The van der Waals surface area contributed by atoms with Crippen LogP contribution in [0.2, 0.25) is 5.02 Å². The number of aliphatic hydroxyl groups is 1. The SMILES string of the molecule is CCOc1ccc(Cl)c(/C(O)=C2\C(=O)C(=O)N(c3ccc(C#N)cc3)C2c2ccc(C)o2)c1. The highest BCUT2D eigenvalue weighted by Gasteiger charge is 2.48. The molecule has 4 rings (SSSR count). The Balaban J connectivity index is 1.93. The van der Waals surface area contributed by atoms with Gasteiger partial charge in [-0.05, 0) is 68.4 Å². The minimum absolute atomic E-state index is 0.158. The first-order valence-electron chi connectivity index (χ1n) is 10.2. The molecule has 1 fully saturated rings. The highest BCUT2D eigenvalue weighted by molar-refractivity contribution is 6.52. The van der Waals surface area contributed by atoms with Gasteiger partial charge in [-0.15, -0.1) is 0 Å². The average Bonchev–Trinajstić information content (AvgIpc) is 3.35. The second-order valence-electron chi connectivity index (χ2n) is 7.35. The predicted octanol–water partition coefficient (Wildman–Crippen LogP) is 5.14. The van der Waals surface area contributed by atoms with E-state index in [1.54, 1.807) is 55.5 Å². The molecule has 0 saturated carbocycles. The van der Waals surface area contributed by atoms with Gasteiger partial charge in [0.2, 0.25) is 0 Å². The van der Waals surface area contributed by atoms with E-state index in [1.165, 1.54) is 11.0 Å². The topological polar surface area (TPSA) is 104 Å². The molecule has 1 aromatic heterocycles. The Bertz CT molecular complexity index is 1320. The van der Waals surface area contributed by atoms with Crippen LogP contribution < -0.4 is 9.64 Å². The van der Waals surface area contributed by atoms with Crippen LogP contribution >= 0.6 is 11.6 Å². The molecule has 1 N–H and O–H groups in total. The Morgan fingerprint density at radius 2 is 1.91 bits per heavy atom. The van der Waals surface area contributed by atoms with Crippen LogP contribution in [-0.2, 0) is 9.59 Å². The molecule has 1 amide bonds. The summed E-state index contributed by atoms with van der Waals surface area (Å²) >= 11 is 6.32. The molecule has 0 aliphatic carbocycles.